The molecule has 0 saturated heterocycles. The van der Waals surface area contributed by atoms with E-state index in [0.717, 1.165) is 0 Å². The summed E-state index contributed by atoms with van der Waals surface area (Å²) in [6.07, 6.45) is 2.57. The van der Waals surface area contributed by atoms with Crippen LogP contribution in [0.4, 0.5) is 4.39 Å². The molecule has 0 aliphatic carbocycles. The zero-order chi connectivity index (χ0) is 13.7. The highest BCUT2D eigenvalue weighted by molar-refractivity contribution is 5.80. The summed E-state index contributed by atoms with van der Waals surface area (Å²) in [5.74, 6) is 0.285. The summed E-state index contributed by atoms with van der Waals surface area (Å²) in [5.41, 5.74) is 0. The first kappa shape index (κ1) is 13.1. The highest BCUT2D eigenvalue weighted by atomic mass is 19.1. The number of aromatic amines is 1. The highest BCUT2D eigenvalue weighted by Crippen LogP contribution is 2.13. The Labute approximate surface area is 109 Å². The van der Waals surface area contributed by atoms with Crippen LogP contribution in [0.15, 0.2) is 36.7 Å². The third-order valence-corrected chi connectivity index (χ3v) is 2.46. The fraction of sp³-hybridized carbons (Fsp3) is 0.231. The first-order valence-electron chi connectivity index (χ1n) is 5.83. The largest absolute Gasteiger partial charge is 0.481 e. The minimum atomic E-state index is -0.711. The van der Waals surface area contributed by atoms with Gasteiger partial charge in [-0.05, 0) is 19.1 Å². The summed E-state index contributed by atoms with van der Waals surface area (Å²) in [6.45, 7) is 1.89. The van der Waals surface area contributed by atoms with Gasteiger partial charge >= 0.3 is 0 Å². The molecular weight excluding hydrogens is 249 g/mol. The van der Waals surface area contributed by atoms with E-state index >= 15 is 0 Å². The van der Waals surface area contributed by atoms with Gasteiger partial charge in [-0.3, -0.25) is 4.79 Å². The predicted molar refractivity (Wildman–Crippen MR) is 66.9 cm³/mol. The van der Waals surface area contributed by atoms with E-state index in [2.05, 4.69) is 15.3 Å². The normalized spacial score (nSPS) is 11.9. The molecule has 0 aliphatic heterocycles. The summed E-state index contributed by atoms with van der Waals surface area (Å²) in [6, 6.07) is 5.67. The second-order valence-electron chi connectivity index (χ2n) is 3.97. The Balaban J connectivity index is 1.85. The molecule has 1 amide bonds. The summed E-state index contributed by atoms with van der Waals surface area (Å²) in [4.78, 5) is 18.6. The maximum Gasteiger partial charge on any atom is 0.261 e. The first-order valence-corrected chi connectivity index (χ1v) is 5.83. The molecule has 1 atom stereocenters. The molecule has 6 heteroatoms. The third kappa shape index (κ3) is 3.80. The Morgan fingerprint density at radius 2 is 2.42 bits per heavy atom. The number of amides is 1. The molecule has 2 aromatic rings. The number of hydrogen-bond donors (Lipinski definition) is 2. The van der Waals surface area contributed by atoms with Gasteiger partial charge in [0.25, 0.3) is 5.91 Å². The second kappa shape index (κ2) is 5.99. The van der Waals surface area contributed by atoms with Gasteiger partial charge in [0.1, 0.15) is 17.4 Å². The Kier molecular flexibility index (Phi) is 4.12. The fourth-order valence-electron chi connectivity index (χ4n) is 1.51. The van der Waals surface area contributed by atoms with Crippen molar-refractivity contribution in [3.05, 3.63) is 48.3 Å². The lowest BCUT2D eigenvalue weighted by Gasteiger charge is -2.14. The lowest BCUT2D eigenvalue weighted by molar-refractivity contribution is -0.127. The van der Waals surface area contributed by atoms with E-state index in [1.54, 1.807) is 25.4 Å². The summed E-state index contributed by atoms with van der Waals surface area (Å²) < 4.78 is 18.3. The van der Waals surface area contributed by atoms with Crippen molar-refractivity contribution in [2.45, 2.75) is 19.6 Å². The molecule has 0 aliphatic rings. The molecule has 100 valence electrons. The average Bonchev–Trinajstić information content (AvgIpc) is 2.89. The molecule has 1 heterocycles. The lowest BCUT2D eigenvalue weighted by atomic mass is 10.3. The van der Waals surface area contributed by atoms with Crippen molar-refractivity contribution < 1.29 is 13.9 Å². The van der Waals surface area contributed by atoms with E-state index in [1.807, 2.05) is 0 Å². The number of carbonyl (C=O) groups excluding carboxylic acids is 1. The SMILES string of the molecule is CC(Oc1cccc(F)c1)C(=O)NCc1ncc[nH]1. The molecule has 5 nitrogen and oxygen atoms in total. The maximum absolute atomic E-state index is 13.0. The number of H-pyrrole nitrogens is 1. The number of imidazole rings is 1. The third-order valence-electron chi connectivity index (χ3n) is 2.46. The van der Waals surface area contributed by atoms with Crippen molar-refractivity contribution >= 4 is 5.91 Å². The van der Waals surface area contributed by atoms with Crippen LogP contribution in [0.1, 0.15) is 12.7 Å². The summed E-state index contributed by atoms with van der Waals surface area (Å²) in [5, 5.41) is 2.67. The standard InChI is InChI=1S/C13H14FN3O2/c1-9(19-11-4-2-3-10(14)7-11)13(18)17-8-12-15-5-6-16-12/h2-7,9H,8H2,1H3,(H,15,16)(H,17,18). The van der Waals surface area contributed by atoms with Gasteiger partial charge in [-0.15, -0.1) is 0 Å². The minimum absolute atomic E-state index is 0.291. The fourth-order valence-corrected chi connectivity index (χ4v) is 1.51. The molecule has 0 spiro atoms. The number of halogens is 1. The molecule has 1 aromatic heterocycles. The number of aromatic nitrogens is 2. The zero-order valence-electron chi connectivity index (χ0n) is 10.4. The van der Waals surface area contributed by atoms with Crippen molar-refractivity contribution in [3.63, 3.8) is 0 Å². The number of benzene rings is 1. The van der Waals surface area contributed by atoms with Gasteiger partial charge in [-0.1, -0.05) is 6.07 Å². The quantitative estimate of drug-likeness (QED) is 0.861. The van der Waals surface area contributed by atoms with Crippen LogP contribution in [0.3, 0.4) is 0 Å². The van der Waals surface area contributed by atoms with Gasteiger partial charge in [-0.2, -0.15) is 0 Å². The average molecular weight is 263 g/mol. The van der Waals surface area contributed by atoms with Crippen molar-refractivity contribution in [3.8, 4) is 5.75 Å². The number of rotatable bonds is 5. The van der Waals surface area contributed by atoms with Crippen LogP contribution in [0.2, 0.25) is 0 Å². The molecule has 2 N–H and O–H groups in total. The van der Waals surface area contributed by atoms with Crippen LogP contribution in [0.25, 0.3) is 0 Å². The zero-order valence-corrected chi connectivity index (χ0v) is 10.4. The van der Waals surface area contributed by atoms with Crippen molar-refractivity contribution in [1.29, 1.82) is 0 Å². The number of nitrogens with one attached hydrogen (secondary N) is 2. The molecule has 19 heavy (non-hydrogen) atoms. The van der Waals surface area contributed by atoms with Crippen LogP contribution >= 0.6 is 0 Å². The Morgan fingerprint density at radius 3 is 3.11 bits per heavy atom. The number of ether oxygens (including phenoxy) is 1. The summed E-state index contributed by atoms with van der Waals surface area (Å²) >= 11 is 0. The monoisotopic (exact) mass is 263 g/mol. The van der Waals surface area contributed by atoms with Crippen LogP contribution in [0, 0.1) is 5.82 Å². The van der Waals surface area contributed by atoms with E-state index < -0.39 is 11.9 Å². The van der Waals surface area contributed by atoms with E-state index in [-0.39, 0.29) is 5.91 Å². The molecule has 0 saturated carbocycles. The minimum Gasteiger partial charge on any atom is -0.481 e. The Morgan fingerprint density at radius 1 is 1.58 bits per heavy atom. The van der Waals surface area contributed by atoms with Gasteiger partial charge in [0.2, 0.25) is 0 Å². The Bertz CT molecular complexity index is 543. The van der Waals surface area contributed by atoms with Crippen LogP contribution in [0.5, 0.6) is 5.75 Å². The lowest BCUT2D eigenvalue weighted by Crippen LogP contribution is -2.36. The molecule has 1 unspecified atom stereocenters. The first-order chi connectivity index (χ1) is 9.15. The van der Waals surface area contributed by atoms with E-state index in [4.69, 9.17) is 4.74 Å². The van der Waals surface area contributed by atoms with Gasteiger partial charge < -0.3 is 15.0 Å². The van der Waals surface area contributed by atoms with Gasteiger partial charge in [0.05, 0.1) is 6.54 Å². The van der Waals surface area contributed by atoms with Crippen molar-refractivity contribution in [2.24, 2.45) is 0 Å². The highest BCUT2D eigenvalue weighted by Gasteiger charge is 2.14. The van der Waals surface area contributed by atoms with E-state index in [9.17, 15) is 9.18 Å². The predicted octanol–water partition coefficient (Wildman–Crippen LogP) is 1.63. The number of nitrogens with zero attached hydrogens (tertiary/aromatic N) is 1. The van der Waals surface area contributed by atoms with Crippen LogP contribution in [-0.2, 0) is 11.3 Å². The van der Waals surface area contributed by atoms with Crippen molar-refractivity contribution in [2.75, 3.05) is 0 Å². The Hall–Kier alpha value is -2.37. The number of carbonyl (C=O) groups is 1. The second-order valence-corrected chi connectivity index (χ2v) is 3.97. The topological polar surface area (TPSA) is 67.0 Å². The molecule has 1 aromatic carbocycles. The van der Waals surface area contributed by atoms with Crippen LogP contribution < -0.4 is 10.1 Å². The molecule has 0 fully saturated rings. The maximum atomic E-state index is 13.0. The van der Waals surface area contributed by atoms with E-state index in [0.29, 0.717) is 18.1 Å². The van der Waals surface area contributed by atoms with Gasteiger partial charge in [0.15, 0.2) is 6.10 Å². The van der Waals surface area contributed by atoms with E-state index in [1.165, 1.54) is 18.2 Å². The van der Waals surface area contributed by atoms with Gasteiger partial charge in [-0.25, -0.2) is 9.37 Å². The van der Waals surface area contributed by atoms with Gasteiger partial charge in [0, 0.05) is 18.5 Å². The van der Waals surface area contributed by atoms with Crippen molar-refractivity contribution in [1.82, 2.24) is 15.3 Å². The summed E-state index contributed by atoms with van der Waals surface area (Å²) in [7, 11) is 0. The van der Waals surface area contributed by atoms with Crippen LogP contribution in [-0.4, -0.2) is 22.0 Å². The smallest absolute Gasteiger partial charge is 0.261 e. The molecule has 2 rings (SSSR count). The number of hydrogen-bond acceptors (Lipinski definition) is 3. The molecular formula is C13H14FN3O2. The molecule has 0 radical (unpaired) electrons. The molecule has 0 bridgehead atoms.